The molecule has 0 spiro atoms. The molecule has 0 saturated carbocycles. The molecule has 0 unspecified atom stereocenters. The van der Waals surface area contributed by atoms with Gasteiger partial charge in [0.15, 0.2) is 11.7 Å². The number of carbonyl (C=O) groups excluding carboxylic acids is 1. The summed E-state index contributed by atoms with van der Waals surface area (Å²) < 4.78 is 38.4. The van der Waals surface area contributed by atoms with Crippen LogP contribution in [0.4, 0.5) is 10.8 Å². The van der Waals surface area contributed by atoms with E-state index < -0.39 is 10.0 Å². The van der Waals surface area contributed by atoms with E-state index in [1.807, 2.05) is 6.92 Å². The van der Waals surface area contributed by atoms with E-state index in [0.717, 1.165) is 10.4 Å². The Hall–Kier alpha value is -2.82. The molecule has 0 aliphatic carbocycles. The van der Waals surface area contributed by atoms with Gasteiger partial charge in [0.1, 0.15) is 11.5 Å². The van der Waals surface area contributed by atoms with Crippen molar-refractivity contribution in [2.45, 2.75) is 11.8 Å². The molecule has 1 aliphatic rings. The second-order valence-corrected chi connectivity index (χ2v) is 9.67. The summed E-state index contributed by atoms with van der Waals surface area (Å²) in [4.78, 5) is 16.8. The van der Waals surface area contributed by atoms with Gasteiger partial charge in [0.2, 0.25) is 0 Å². The minimum Gasteiger partial charge on any atom is -0.495 e. The zero-order valence-electron chi connectivity index (χ0n) is 15.9. The number of hydrogen-bond acceptors (Lipinski definition) is 7. The fourth-order valence-corrected chi connectivity index (χ4v) is 5.35. The topological polar surface area (TPSA) is 107 Å². The van der Waals surface area contributed by atoms with Crippen LogP contribution in [0.15, 0.2) is 41.3 Å². The molecule has 4 rings (SSSR count). The fourth-order valence-electron chi connectivity index (χ4n) is 2.93. The zero-order valence-corrected chi connectivity index (χ0v) is 18.2. The molecule has 156 valence electrons. The number of amides is 1. The van der Waals surface area contributed by atoms with E-state index in [9.17, 15) is 13.2 Å². The second kappa shape index (κ2) is 7.78. The summed E-state index contributed by atoms with van der Waals surface area (Å²) in [5, 5.41) is 3.15. The van der Waals surface area contributed by atoms with Crippen LogP contribution < -0.4 is 19.5 Å². The van der Waals surface area contributed by atoms with Gasteiger partial charge < -0.3 is 14.8 Å². The van der Waals surface area contributed by atoms with Gasteiger partial charge in [-0.05, 0) is 43.3 Å². The van der Waals surface area contributed by atoms with Crippen molar-refractivity contribution in [3.05, 3.63) is 46.3 Å². The van der Waals surface area contributed by atoms with Gasteiger partial charge in [-0.3, -0.25) is 9.52 Å². The van der Waals surface area contributed by atoms with Gasteiger partial charge in [0, 0.05) is 10.4 Å². The van der Waals surface area contributed by atoms with Crippen LogP contribution in [0, 0.1) is 6.92 Å². The highest BCUT2D eigenvalue weighted by Gasteiger charge is 2.21. The molecule has 0 saturated heterocycles. The number of thiazole rings is 1. The third-order valence-corrected chi connectivity index (χ3v) is 6.99. The second-order valence-electron chi connectivity index (χ2n) is 6.37. The Balaban J connectivity index is 1.62. The number of sulfonamides is 1. The maximum atomic E-state index is 12.7. The van der Waals surface area contributed by atoms with E-state index in [2.05, 4.69) is 15.0 Å². The van der Waals surface area contributed by atoms with Crippen LogP contribution in [0.2, 0.25) is 5.02 Å². The summed E-state index contributed by atoms with van der Waals surface area (Å²) in [6.07, 6.45) is 0. The van der Waals surface area contributed by atoms with E-state index >= 15 is 0 Å². The SMILES string of the molecule is COc1ccc(S(=O)(=O)Nc2nc(-c3ccc4c(c3)NC(=O)CO4)c(C)s2)cc1Cl. The standard InChI is InChI=1S/C19H16ClN3O5S2/c1-10-18(11-3-5-16-14(7-11)21-17(24)9-28-16)22-19(29-10)23-30(25,26)12-4-6-15(27-2)13(20)8-12/h3-8H,9H2,1-2H3,(H,21,24)(H,22,23). The van der Waals surface area contributed by atoms with Gasteiger partial charge in [0.25, 0.3) is 15.9 Å². The Bertz CT molecular complexity index is 1260. The number of nitrogens with zero attached hydrogens (tertiary/aromatic N) is 1. The molecule has 1 amide bonds. The first kappa shape index (κ1) is 20.5. The smallest absolute Gasteiger partial charge is 0.263 e. The highest BCUT2D eigenvalue weighted by atomic mass is 35.5. The predicted octanol–water partition coefficient (Wildman–Crippen LogP) is 3.91. The molecule has 0 atom stereocenters. The van der Waals surface area contributed by atoms with Crippen LogP contribution in [-0.2, 0) is 14.8 Å². The van der Waals surface area contributed by atoms with Crippen LogP contribution in [0.5, 0.6) is 11.5 Å². The number of benzene rings is 2. The van der Waals surface area contributed by atoms with Crippen molar-refractivity contribution >= 4 is 49.7 Å². The third-order valence-electron chi connectivity index (χ3n) is 4.34. The van der Waals surface area contributed by atoms with Gasteiger partial charge in [-0.25, -0.2) is 13.4 Å². The number of aromatic nitrogens is 1. The fraction of sp³-hybridized carbons (Fsp3) is 0.158. The molecule has 11 heteroatoms. The number of aryl methyl sites for hydroxylation is 1. The number of anilines is 2. The predicted molar refractivity (Wildman–Crippen MR) is 115 cm³/mol. The Labute approximate surface area is 181 Å². The van der Waals surface area contributed by atoms with Crippen LogP contribution in [0.25, 0.3) is 11.3 Å². The Morgan fingerprint density at radius 2 is 2.07 bits per heavy atom. The van der Waals surface area contributed by atoms with E-state index in [-0.39, 0.29) is 27.6 Å². The normalized spacial score (nSPS) is 13.2. The first-order valence-electron chi connectivity index (χ1n) is 8.67. The summed E-state index contributed by atoms with van der Waals surface area (Å²) in [5.74, 6) is 0.719. The number of rotatable bonds is 5. The summed E-state index contributed by atoms with van der Waals surface area (Å²) in [6.45, 7) is 1.81. The molecule has 0 radical (unpaired) electrons. The molecule has 2 aromatic carbocycles. The molecule has 3 aromatic rings. The average Bonchev–Trinajstić information content (AvgIpc) is 3.06. The zero-order chi connectivity index (χ0) is 21.5. The number of ether oxygens (including phenoxy) is 2. The number of halogens is 1. The first-order chi connectivity index (χ1) is 14.3. The van der Waals surface area contributed by atoms with Crippen LogP contribution in [0.3, 0.4) is 0 Å². The lowest BCUT2D eigenvalue weighted by atomic mass is 10.1. The summed E-state index contributed by atoms with van der Waals surface area (Å²) in [6, 6.07) is 9.50. The van der Waals surface area contributed by atoms with Crippen molar-refractivity contribution in [3.63, 3.8) is 0 Å². The van der Waals surface area contributed by atoms with Crippen LogP contribution in [-0.4, -0.2) is 33.0 Å². The summed E-state index contributed by atoms with van der Waals surface area (Å²) in [7, 11) is -2.44. The highest BCUT2D eigenvalue weighted by Crippen LogP contribution is 2.37. The van der Waals surface area contributed by atoms with Gasteiger partial charge in [0.05, 0.1) is 28.4 Å². The Morgan fingerprint density at radius 1 is 1.27 bits per heavy atom. The van der Waals surface area contributed by atoms with Crippen molar-refractivity contribution in [1.82, 2.24) is 4.98 Å². The van der Waals surface area contributed by atoms with Crippen molar-refractivity contribution in [1.29, 1.82) is 0 Å². The largest absolute Gasteiger partial charge is 0.495 e. The van der Waals surface area contributed by atoms with E-state index in [0.29, 0.717) is 22.9 Å². The molecule has 2 heterocycles. The van der Waals surface area contributed by atoms with E-state index in [4.69, 9.17) is 21.1 Å². The molecule has 0 bridgehead atoms. The first-order valence-corrected chi connectivity index (χ1v) is 11.4. The maximum absolute atomic E-state index is 12.7. The lowest BCUT2D eigenvalue weighted by Gasteiger charge is -2.18. The number of methoxy groups -OCH3 is 1. The van der Waals surface area contributed by atoms with Crippen molar-refractivity contribution < 1.29 is 22.7 Å². The van der Waals surface area contributed by atoms with Crippen LogP contribution in [0.1, 0.15) is 4.88 Å². The average molecular weight is 466 g/mol. The molecule has 1 aliphatic heterocycles. The maximum Gasteiger partial charge on any atom is 0.263 e. The molecule has 2 N–H and O–H groups in total. The van der Waals surface area contributed by atoms with Crippen molar-refractivity contribution in [3.8, 4) is 22.8 Å². The van der Waals surface area contributed by atoms with Crippen LogP contribution >= 0.6 is 22.9 Å². The lowest BCUT2D eigenvalue weighted by molar-refractivity contribution is -0.118. The molecular weight excluding hydrogens is 450 g/mol. The number of fused-ring (bicyclic) bond motifs is 1. The van der Waals surface area contributed by atoms with Gasteiger partial charge in [-0.15, -0.1) is 11.3 Å². The molecule has 8 nitrogen and oxygen atoms in total. The third kappa shape index (κ3) is 3.93. The summed E-state index contributed by atoms with van der Waals surface area (Å²) in [5.41, 5.74) is 1.88. The minimum absolute atomic E-state index is 0.00338. The van der Waals surface area contributed by atoms with Gasteiger partial charge in [-0.2, -0.15) is 0 Å². The molecule has 30 heavy (non-hydrogen) atoms. The van der Waals surface area contributed by atoms with Crippen molar-refractivity contribution in [2.24, 2.45) is 0 Å². The Morgan fingerprint density at radius 3 is 2.80 bits per heavy atom. The number of carbonyl (C=O) groups is 1. The monoisotopic (exact) mass is 465 g/mol. The Kier molecular flexibility index (Phi) is 5.31. The highest BCUT2D eigenvalue weighted by molar-refractivity contribution is 7.93. The van der Waals surface area contributed by atoms with E-state index in [1.165, 1.54) is 36.6 Å². The van der Waals surface area contributed by atoms with Crippen molar-refractivity contribution in [2.75, 3.05) is 23.8 Å². The summed E-state index contributed by atoms with van der Waals surface area (Å²) >= 11 is 7.25. The molecular formula is C19H16ClN3O5S2. The molecule has 1 aromatic heterocycles. The number of nitrogens with one attached hydrogen (secondary N) is 2. The molecule has 0 fully saturated rings. The number of hydrogen-bond donors (Lipinski definition) is 2. The minimum atomic E-state index is -3.89. The van der Waals surface area contributed by atoms with Gasteiger partial charge >= 0.3 is 0 Å². The lowest BCUT2D eigenvalue weighted by Crippen LogP contribution is -2.25. The van der Waals surface area contributed by atoms with E-state index in [1.54, 1.807) is 18.2 Å². The quantitative estimate of drug-likeness (QED) is 0.591. The van der Waals surface area contributed by atoms with Gasteiger partial charge in [-0.1, -0.05) is 11.6 Å².